The van der Waals surface area contributed by atoms with E-state index in [2.05, 4.69) is 4.72 Å². The van der Waals surface area contributed by atoms with Crippen LogP contribution in [0, 0.1) is 5.92 Å². The van der Waals surface area contributed by atoms with Crippen LogP contribution in [0.4, 0.5) is 0 Å². The van der Waals surface area contributed by atoms with E-state index < -0.39 is 10.0 Å². The largest absolute Gasteiger partial charge is 0.389 e. The van der Waals surface area contributed by atoms with Crippen molar-refractivity contribution < 1.29 is 13.2 Å². The third-order valence-electron chi connectivity index (χ3n) is 3.52. The highest BCUT2D eigenvalue weighted by Gasteiger charge is 2.26. The van der Waals surface area contributed by atoms with Crippen LogP contribution in [0.1, 0.15) is 18.9 Å². The summed E-state index contributed by atoms with van der Waals surface area (Å²) in [5, 5.41) is 0. The summed E-state index contributed by atoms with van der Waals surface area (Å²) in [5.74, 6) is 0.223. The summed E-state index contributed by atoms with van der Waals surface area (Å²) in [7, 11) is -3.50. The Morgan fingerprint density at radius 3 is 2.60 bits per heavy atom. The molecule has 0 amide bonds. The third kappa shape index (κ3) is 3.54. The predicted molar refractivity (Wildman–Crippen MR) is 81.0 cm³/mol. The Labute approximate surface area is 124 Å². The summed E-state index contributed by atoms with van der Waals surface area (Å²) in [6.45, 7) is 3.04. The maximum atomic E-state index is 12.2. The molecular weight excluding hydrogens is 296 g/mol. The first-order valence-electron chi connectivity index (χ1n) is 6.41. The molecule has 1 aromatic carbocycles. The summed E-state index contributed by atoms with van der Waals surface area (Å²) < 4.78 is 32.4. The fourth-order valence-corrected chi connectivity index (χ4v) is 3.37. The van der Waals surface area contributed by atoms with Crippen LogP contribution < -0.4 is 10.5 Å². The van der Waals surface area contributed by atoms with Gasteiger partial charge in [0.15, 0.2) is 0 Å². The van der Waals surface area contributed by atoms with Crippen LogP contribution >= 0.6 is 12.2 Å². The average Bonchev–Trinajstić information content (AvgIpc) is 2.82. The number of rotatable bonds is 5. The molecule has 5 nitrogen and oxygen atoms in total. The van der Waals surface area contributed by atoms with Crippen molar-refractivity contribution in [1.29, 1.82) is 0 Å². The third-order valence-corrected chi connectivity index (χ3v) is 5.19. The normalized spacial score (nSPS) is 22.9. The van der Waals surface area contributed by atoms with E-state index in [-0.39, 0.29) is 21.9 Å². The molecule has 0 saturated carbocycles. The molecule has 2 rings (SSSR count). The number of hydrogen-bond acceptors (Lipinski definition) is 4. The van der Waals surface area contributed by atoms with Gasteiger partial charge in [0.05, 0.1) is 11.0 Å². The zero-order chi connectivity index (χ0) is 14.8. The smallest absolute Gasteiger partial charge is 0.240 e. The highest BCUT2D eigenvalue weighted by molar-refractivity contribution is 7.89. The van der Waals surface area contributed by atoms with Crippen molar-refractivity contribution in [2.24, 2.45) is 11.7 Å². The molecule has 0 bridgehead atoms. The first-order valence-corrected chi connectivity index (χ1v) is 8.30. The van der Waals surface area contributed by atoms with Crippen molar-refractivity contribution in [3.63, 3.8) is 0 Å². The number of benzene rings is 1. The molecule has 1 aromatic rings. The van der Waals surface area contributed by atoms with Gasteiger partial charge in [-0.3, -0.25) is 0 Å². The summed E-state index contributed by atoms with van der Waals surface area (Å²) in [6, 6.07) is 6.23. The molecular formula is C13H18N2O3S2. The van der Waals surface area contributed by atoms with E-state index in [0.29, 0.717) is 18.7 Å². The molecule has 0 aliphatic carbocycles. The van der Waals surface area contributed by atoms with Gasteiger partial charge in [0.25, 0.3) is 0 Å². The Morgan fingerprint density at radius 1 is 1.45 bits per heavy atom. The summed E-state index contributed by atoms with van der Waals surface area (Å²) >= 11 is 4.83. The molecule has 0 aromatic heterocycles. The molecule has 1 heterocycles. The molecule has 2 atom stereocenters. The van der Waals surface area contributed by atoms with E-state index in [0.717, 1.165) is 6.42 Å². The number of nitrogens with two attached hydrogens (primary N) is 1. The minimum atomic E-state index is -3.50. The maximum absolute atomic E-state index is 12.2. The van der Waals surface area contributed by atoms with Crippen LogP contribution in [0.5, 0.6) is 0 Å². The van der Waals surface area contributed by atoms with Crippen molar-refractivity contribution in [3.05, 3.63) is 29.8 Å². The SMILES string of the molecule is CC1OCCC1CNS(=O)(=O)c1ccc(C(N)=S)cc1. The minimum Gasteiger partial charge on any atom is -0.389 e. The van der Waals surface area contributed by atoms with Gasteiger partial charge in [0.2, 0.25) is 10.0 Å². The second-order valence-electron chi connectivity index (χ2n) is 4.87. The predicted octanol–water partition coefficient (Wildman–Crippen LogP) is 1.02. The van der Waals surface area contributed by atoms with Gasteiger partial charge in [-0.15, -0.1) is 0 Å². The number of sulfonamides is 1. The molecule has 0 spiro atoms. The number of nitrogens with one attached hydrogen (secondary N) is 1. The highest BCUT2D eigenvalue weighted by atomic mass is 32.2. The standard InChI is InChI=1S/C13H18N2O3S2/c1-9-11(6-7-18-9)8-15-20(16,17)12-4-2-10(3-5-12)13(14)19/h2-5,9,11,15H,6-8H2,1H3,(H2,14,19). The van der Waals surface area contributed by atoms with Crippen LogP contribution in [0.15, 0.2) is 29.2 Å². The van der Waals surface area contributed by atoms with Crippen molar-refractivity contribution in [2.75, 3.05) is 13.2 Å². The number of thiocarbonyl (C=S) groups is 1. The summed E-state index contributed by atoms with van der Waals surface area (Å²) in [4.78, 5) is 0.461. The first-order chi connectivity index (χ1) is 9.40. The molecule has 2 unspecified atom stereocenters. The Bertz CT molecular complexity index is 584. The lowest BCUT2D eigenvalue weighted by molar-refractivity contribution is 0.107. The molecule has 3 N–H and O–H groups in total. The zero-order valence-corrected chi connectivity index (χ0v) is 12.8. The second kappa shape index (κ2) is 6.17. The Hall–Kier alpha value is -1.02. The lowest BCUT2D eigenvalue weighted by atomic mass is 10.0. The van der Waals surface area contributed by atoms with Crippen molar-refractivity contribution in [2.45, 2.75) is 24.3 Å². The maximum Gasteiger partial charge on any atom is 0.240 e. The van der Waals surface area contributed by atoms with E-state index in [4.69, 9.17) is 22.7 Å². The van der Waals surface area contributed by atoms with Crippen molar-refractivity contribution >= 4 is 27.2 Å². The quantitative estimate of drug-likeness (QED) is 0.793. The van der Waals surface area contributed by atoms with Gasteiger partial charge in [-0.1, -0.05) is 24.4 Å². The van der Waals surface area contributed by atoms with Crippen LogP contribution in [-0.2, 0) is 14.8 Å². The Balaban J connectivity index is 2.04. The van der Waals surface area contributed by atoms with Crippen LogP contribution in [0.3, 0.4) is 0 Å². The van der Waals surface area contributed by atoms with Crippen LogP contribution in [0.2, 0.25) is 0 Å². The molecule has 1 aliphatic rings. The van der Waals surface area contributed by atoms with Gasteiger partial charge >= 0.3 is 0 Å². The minimum absolute atomic E-state index is 0.0923. The molecule has 1 saturated heterocycles. The lowest BCUT2D eigenvalue weighted by Crippen LogP contribution is -2.32. The topological polar surface area (TPSA) is 81.4 Å². The molecule has 20 heavy (non-hydrogen) atoms. The van der Waals surface area contributed by atoms with Gasteiger partial charge in [-0.05, 0) is 25.5 Å². The summed E-state index contributed by atoms with van der Waals surface area (Å²) in [6.07, 6.45) is 0.971. The van der Waals surface area contributed by atoms with Crippen LogP contribution in [0.25, 0.3) is 0 Å². The molecule has 110 valence electrons. The van der Waals surface area contributed by atoms with Gasteiger partial charge in [0.1, 0.15) is 4.99 Å². The van der Waals surface area contributed by atoms with E-state index in [1.807, 2.05) is 6.92 Å². The fraction of sp³-hybridized carbons (Fsp3) is 0.462. The Morgan fingerprint density at radius 2 is 2.10 bits per heavy atom. The molecule has 7 heteroatoms. The number of ether oxygens (including phenoxy) is 1. The van der Waals surface area contributed by atoms with E-state index in [1.165, 1.54) is 12.1 Å². The zero-order valence-electron chi connectivity index (χ0n) is 11.2. The monoisotopic (exact) mass is 314 g/mol. The van der Waals surface area contributed by atoms with E-state index in [1.54, 1.807) is 12.1 Å². The molecule has 1 aliphatic heterocycles. The second-order valence-corrected chi connectivity index (χ2v) is 7.07. The fourth-order valence-electron chi connectivity index (χ4n) is 2.14. The van der Waals surface area contributed by atoms with Gasteiger partial charge in [0, 0.05) is 24.6 Å². The first kappa shape index (κ1) is 15.4. The van der Waals surface area contributed by atoms with Crippen LogP contribution in [-0.4, -0.2) is 32.7 Å². The van der Waals surface area contributed by atoms with E-state index in [9.17, 15) is 8.42 Å². The lowest BCUT2D eigenvalue weighted by Gasteiger charge is -2.15. The van der Waals surface area contributed by atoms with Gasteiger partial charge < -0.3 is 10.5 Å². The van der Waals surface area contributed by atoms with E-state index >= 15 is 0 Å². The highest BCUT2D eigenvalue weighted by Crippen LogP contribution is 2.20. The van der Waals surface area contributed by atoms with Gasteiger partial charge in [-0.2, -0.15) is 0 Å². The number of hydrogen-bond donors (Lipinski definition) is 2. The van der Waals surface area contributed by atoms with Gasteiger partial charge in [-0.25, -0.2) is 13.1 Å². The average molecular weight is 314 g/mol. The Kier molecular flexibility index (Phi) is 4.74. The molecule has 1 fully saturated rings. The molecule has 0 radical (unpaired) electrons. The summed E-state index contributed by atoms with van der Waals surface area (Å²) in [5.41, 5.74) is 6.13. The van der Waals surface area contributed by atoms with Crippen molar-refractivity contribution in [1.82, 2.24) is 4.72 Å². The van der Waals surface area contributed by atoms with Crippen molar-refractivity contribution in [3.8, 4) is 0 Å².